The summed E-state index contributed by atoms with van der Waals surface area (Å²) >= 11 is 9.61. The molecule has 0 unspecified atom stereocenters. The first-order valence-electron chi connectivity index (χ1n) is 10.2. The van der Waals surface area contributed by atoms with Crippen LogP contribution in [0.3, 0.4) is 0 Å². The minimum Gasteiger partial charge on any atom is -0.493 e. The highest BCUT2D eigenvalue weighted by Crippen LogP contribution is 2.50. The molecule has 7 nitrogen and oxygen atoms in total. The molecule has 34 heavy (non-hydrogen) atoms. The average Bonchev–Trinajstić information content (AvgIpc) is 3.29. The Bertz CT molecular complexity index is 1350. The molecule has 1 atom stereocenters. The summed E-state index contributed by atoms with van der Waals surface area (Å²) in [5, 5.41) is 10.6. The third kappa shape index (κ3) is 3.98. The number of hydrogen-bond acceptors (Lipinski definition) is 7. The maximum Gasteiger partial charge on any atom is 0.231 e. The van der Waals surface area contributed by atoms with E-state index in [9.17, 15) is 5.26 Å². The number of methoxy groups -OCH3 is 1. The number of nitriles is 1. The number of rotatable bonds is 5. The van der Waals surface area contributed by atoms with Crippen LogP contribution in [0.1, 0.15) is 22.6 Å². The van der Waals surface area contributed by atoms with Crippen LogP contribution in [0.4, 0.5) is 0 Å². The van der Waals surface area contributed by atoms with E-state index in [1.807, 2.05) is 42.5 Å². The third-order valence-electron chi connectivity index (χ3n) is 5.61. The van der Waals surface area contributed by atoms with Crippen LogP contribution in [-0.4, -0.2) is 13.9 Å². The van der Waals surface area contributed by atoms with E-state index in [1.165, 1.54) is 0 Å². The van der Waals surface area contributed by atoms with Crippen molar-refractivity contribution in [3.05, 3.63) is 86.2 Å². The Morgan fingerprint density at radius 3 is 2.50 bits per heavy atom. The van der Waals surface area contributed by atoms with Gasteiger partial charge in [0.15, 0.2) is 23.0 Å². The zero-order valence-electron chi connectivity index (χ0n) is 17.9. The number of nitrogens with zero attached hydrogens (tertiary/aromatic N) is 1. The molecule has 0 bridgehead atoms. The van der Waals surface area contributed by atoms with E-state index in [-0.39, 0.29) is 18.2 Å². The van der Waals surface area contributed by atoms with Gasteiger partial charge in [-0.05, 0) is 41.5 Å². The quantitative estimate of drug-likeness (QED) is 0.447. The van der Waals surface area contributed by atoms with Crippen LogP contribution >= 0.6 is 27.5 Å². The molecule has 0 radical (unpaired) electrons. The molecule has 0 aromatic heterocycles. The molecular formula is C25H18BrClN2O5. The molecule has 3 aromatic rings. The number of hydrogen-bond donors (Lipinski definition) is 1. The second-order valence-electron chi connectivity index (χ2n) is 7.61. The average molecular weight is 542 g/mol. The highest BCUT2D eigenvalue weighted by molar-refractivity contribution is 9.10. The van der Waals surface area contributed by atoms with Crippen molar-refractivity contribution in [2.45, 2.75) is 12.5 Å². The molecule has 172 valence electrons. The number of allylic oxidation sites excluding steroid dienone is 1. The van der Waals surface area contributed by atoms with E-state index >= 15 is 0 Å². The highest BCUT2D eigenvalue weighted by Gasteiger charge is 2.35. The van der Waals surface area contributed by atoms with Crippen molar-refractivity contribution in [1.29, 1.82) is 5.26 Å². The molecule has 5 rings (SSSR count). The molecular weight excluding hydrogens is 524 g/mol. The van der Waals surface area contributed by atoms with Crippen molar-refractivity contribution in [2.24, 2.45) is 5.73 Å². The van der Waals surface area contributed by atoms with Gasteiger partial charge in [-0.2, -0.15) is 5.26 Å². The summed E-state index contributed by atoms with van der Waals surface area (Å²) in [5.74, 6) is 2.21. The van der Waals surface area contributed by atoms with Crippen LogP contribution in [0.2, 0.25) is 5.02 Å². The normalized spacial score (nSPS) is 15.9. The number of halogens is 2. The topological polar surface area (TPSA) is 96.0 Å². The molecule has 2 aliphatic heterocycles. The molecule has 0 saturated heterocycles. The molecule has 3 aromatic carbocycles. The summed E-state index contributed by atoms with van der Waals surface area (Å²) < 4.78 is 29.1. The number of benzene rings is 3. The molecule has 2 aliphatic rings. The van der Waals surface area contributed by atoms with Gasteiger partial charge in [0.25, 0.3) is 0 Å². The summed E-state index contributed by atoms with van der Waals surface area (Å²) in [4.78, 5) is 0. The van der Waals surface area contributed by atoms with Crippen LogP contribution in [0, 0.1) is 11.3 Å². The van der Waals surface area contributed by atoms with Crippen LogP contribution in [0.25, 0.3) is 0 Å². The predicted octanol–water partition coefficient (Wildman–Crippen LogP) is 5.64. The first-order valence-corrected chi connectivity index (χ1v) is 11.4. The number of fused-ring (bicyclic) bond motifs is 2. The lowest BCUT2D eigenvalue weighted by Gasteiger charge is -2.28. The van der Waals surface area contributed by atoms with Crippen molar-refractivity contribution in [2.75, 3.05) is 13.9 Å². The summed E-state index contributed by atoms with van der Waals surface area (Å²) in [6, 6.07) is 16.8. The molecule has 0 aliphatic carbocycles. The van der Waals surface area contributed by atoms with Gasteiger partial charge in [0.2, 0.25) is 12.7 Å². The first-order chi connectivity index (χ1) is 16.5. The standard InChI is InChI=1S/C25H18BrClN2O5/c1-30-20-6-15(18(26)8-22(20)31-11-13-2-4-14(27)5-3-13)24-16-7-21-23(33-12-32-21)9-19(16)34-25(29)17(24)10-28/h2-9,24H,11-12,29H2,1H3/t24-/m1/s1. The Morgan fingerprint density at radius 1 is 1.06 bits per heavy atom. The maximum absolute atomic E-state index is 9.91. The Hall–Kier alpha value is -3.54. The second-order valence-corrected chi connectivity index (χ2v) is 8.90. The van der Waals surface area contributed by atoms with Crippen molar-refractivity contribution in [3.63, 3.8) is 0 Å². The van der Waals surface area contributed by atoms with E-state index in [0.29, 0.717) is 40.4 Å². The van der Waals surface area contributed by atoms with Gasteiger partial charge in [0.05, 0.1) is 13.0 Å². The highest BCUT2D eigenvalue weighted by atomic mass is 79.9. The van der Waals surface area contributed by atoms with Gasteiger partial charge in [-0.1, -0.05) is 39.7 Å². The Balaban J connectivity index is 1.55. The van der Waals surface area contributed by atoms with Crippen LogP contribution in [-0.2, 0) is 6.61 Å². The zero-order chi connectivity index (χ0) is 23.8. The predicted molar refractivity (Wildman–Crippen MR) is 128 cm³/mol. The van der Waals surface area contributed by atoms with Crippen LogP contribution in [0.5, 0.6) is 28.7 Å². The van der Waals surface area contributed by atoms with E-state index in [4.69, 9.17) is 41.0 Å². The van der Waals surface area contributed by atoms with Crippen LogP contribution in [0.15, 0.2) is 64.5 Å². The molecule has 2 heterocycles. The molecule has 0 saturated carbocycles. The summed E-state index contributed by atoms with van der Waals surface area (Å²) in [6.07, 6.45) is 0. The smallest absolute Gasteiger partial charge is 0.231 e. The fraction of sp³-hybridized carbons (Fsp3) is 0.160. The van der Waals surface area contributed by atoms with Crippen LogP contribution < -0.4 is 29.4 Å². The van der Waals surface area contributed by atoms with Gasteiger partial charge in [-0.3, -0.25) is 0 Å². The van der Waals surface area contributed by atoms with E-state index in [2.05, 4.69) is 22.0 Å². The summed E-state index contributed by atoms with van der Waals surface area (Å²) in [5.41, 5.74) is 8.87. The lowest BCUT2D eigenvalue weighted by Crippen LogP contribution is -2.21. The fourth-order valence-corrected chi connectivity index (χ4v) is 4.63. The Morgan fingerprint density at radius 2 is 1.79 bits per heavy atom. The van der Waals surface area contributed by atoms with Crippen molar-refractivity contribution >= 4 is 27.5 Å². The lowest BCUT2D eigenvalue weighted by atomic mass is 9.83. The summed E-state index contributed by atoms with van der Waals surface area (Å²) in [6.45, 7) is 0.452. The van der Waals surface area contributed by atoms with E-state index < -0.39 is 5.92 Å². The zero-order valence-corrected chi connectivity index (χ0v) is 20.3. The molecule has 0 spiro atoms. The molecule has 9 heteroatoms. The maximum atomic E-state index is 9.91. The Labute approximate surface area is 209 Å². The number of nitrogens with two attached hydrogens (primary N) is 1. The van der Waals surface area contributed by atoms with Crippen molar-refractivity contribution in [3.8, 4) is 34.8 Å². The molecule has 0 fully saturated rings. The molecule has 2 N–H and O–H groups in total. The SMILES string of the molecule is COc1cc([C@H]2C(C#N)=C(N)Oc3cc4c(cc32)OCO4)c(Br)cc1OCc1ccc(Cl)cc1. The van der Waals surface area contributed by atoms with Gasteiger partial charge in [-0.25, -0.2) is 0 Å². The lowest BCUT2D eigenvalue weighted by molar-refractivity contribution is 0.174. The largest absolute Gasteiger partial charge is 0.493 e. The third-order valence-corrected chi connectivity index (χ3v) is 6.55. The van der Waals surface area contributed by atoms with Gasteiger partial charge in [-0.15, -0.1) is 0 Å². The fourth-order valence-electron chi connectivity index (χ4n) is 3.95. The second kappa shape index (κ2) is 9.01. The van der Waals surface area contributed by atoms with Gasteiger partial charge < -0.3 is 29.4 Å². The molecule has 0 amide bonds. The minimum absolute atomic E-state index is 0.0350. The Kier molecular flexibility index (Phi) is 5.90. The van der Waals surface area contributed by atoms with Gasteiger partial charge >= 0.3 is 0 Å². The first kappa shape index (κ1) is 22.3. The summed E-state index contributed by atoms with van der Waals surface area (Å²) in [7, 11) is 1.56. The van der Waals surface area contributed by atoms with Crippen molar-refractivity contribution < 1.29 is 23.7 Å². The number of ether oxygens (including phenoxy) is 5. The monoisotopic (exact) mass is 540 g/mol. The van der Waals surface area contributed by atoms with E-state index in [0.717, 1.165) is 21.2 Å². The minimum atomic E-state index is -0.517. The van der Waals surface area contributed by atoms with Crippen molar-refractivity contribution in [1.82, 2.24) is 0 Å². The van der Waals surface area contributed by atoms with E-state index in [1.54, 1.807) is 13.2 Å². The van der Waals surface area contributed by atoms with Gasteiger partial charge in [0.1, 0.15) is 24.0 Å². The van der Waals surface area contributed by atoms with Gasteiger partial charge in [0, 0.05) is 21.1 Å².